The Hall–Kier alpha value is -2.19. The second kappa shape index (κ2) is 8.45. The molecule has 0 radical (unpaired) electrons. The average Bonchev–Trinajstić information content (AvgIpc) is 3.08. The molecule has 0 spiro atoms. The number of morpholine rings is 1. The van der Waals surface area contributed by atoms with Gasteiger partial charge in [-0.15, -0.1) is 0 Å². The zero-order chi connectivity index (χ0) is 19.5. The number of nitrogens with zero attached hydrogens (tertiary/aromatic N) is 6. The van der Waals surface area contributed by atoms with Crippen molar-refractivity contribution >= 4 is 5.69 Å². The summed E-state index contributed by atoms with van der Waals surface area (Å²) in [5.74, 6) is 0. The van der Waals surface area contributed by atoms with Crippen LogP contribution in [0.2, 0.25) is 0 Å². The maximum absolute atomic E-state index is 12.8. The molecule has 0 unspecified atom stereocenters. The summed E-state index contributed by atoms with van der Waals surface area (Å²) in [5.41, 5.74) is 3.34. The highest BCUT2D eigenvalue weighted by Gasteiger charge is 2.24. The quantitative estimate of drug-likeness (QED) is 0.770. The van der Waals surface area contributed by atoms with Crippen molar-refractivity contribution in [2.45, 2.75) is 38.8 Å². The molecule has 0 aliphatic carbocycles. The van der Waals surface area contributed by atoms with Crippen molar-refractivity contribution in [3.8, 4) is 0 Å². The standard InChI is InChI=1S/C20H30N6O2/c1-3-19-16(13-23(2)22-19)14-24-6-4-5-17(15-24)26-20(27)11-18(12-21-26)25-7-9-28-10-8-25/h11-13,17H,3-10,14-15H2,1-2H3/t17-/m0/s1. The van der Waals surface area contributed by atoms with Crippen LogP contribution in [-0.2, 0) is 24.8 Å². The fourth-order valence-electron chi connectivity index (χ4n) is 4.31. The zero-order valence-corrected chi connectivity index (χ0v) is 16.9. The number of piperidine rings is 1. The molecule has 152 valence electrons. The molecule has 8 heteroatoms. The van der Waals surface area contributed by atoms with E-state index in [1.807, 2.05) is 17.9 Å². The number of ether oxygens (including phenoxy) is 1. The van der Waals surface area contributed by atoms with Gasteiger partial charge in [-0.05, 0) is 25.8 Å². The van der Waals surface area contributed by atoms with Gasteiger partial charge in [0.25, 0.3) is 5.56 Å². The summed E-state index contributed by atoms with van der Waals surface area (Å²) in [6.45, 7) is 7.96. The van der Waals surface area contributed by atoms with Crippen molar-refractivity contribution in [1.29, 1.82) is 0 Å². The lowest BCUT2D eigenvalue weighted by Crippen LogP contribution is -2.41. The molecule has 1 atom stereocenters. The maximum Gasteiger partial charge on any atom is 0.269 e. The number of aromatic nitrogens is 4. The van der Waals surface area contributed by atoms with Crippen molar-refractivity contribution < 1.29 is 4.74 Å². The Bertz CT molecular complexity index is 855. The molecular formula is C20H30N6O2. The van der Waals surface area contributed by atoms with Gasteiger partial charge in [0.15, 0.2) is 0 Å². The molecule has 4 rings (SSSR count). The predicted octanol–water partition coefficient (Wildman–Crippen LogP) is 1.21. The minimum Gasteiger partial charge on any atom is -0.378 e. The molecule has 2 aliphatic rings. The summed E-state index contributed by atoms with van der Waals surface area (Å²) in [7, 11) is 1.97. The Labute approximate surface area is 165 Å². The Morgan fingerprint density at radius 1 is 1.25 bits per heavy atom. The van der Waals surface area contributed by atoms with Gasteiger partial charge in [0, 0.05) is 51.1 Å². The smallest absolute Gasteiger partial charge is 0.269 e. The van der Waals surface area contributed by atoms with Crippen molar-refractivity contribution in [2.24, 2.45) is 7.05 Å². The van der Waals surface area contributed by atoms with Crippen molar-refractivity contribution in [2.75, 3.05) is 44.3 Å². The first kappa shape index (κ1) is 19.1. The number of hydrogen-bond acceptors (Lipinski definition) is 6. The lowest BCUT2D eigenvalue weighted by atomic mass is 10.0. The lowest BCUT2D eigenvalue weighted by Gasteiger charge is -2.33. The van der Waals surface area contributed by atoms with E-state index < -0.39 is 0 Å². The van der Waals surface area contributed by atoms with Gasteiger partial charge in [0.05, 0.1) is 36.8 Å². The van der Waals surface area contributed by atoms with Crippen LogP contribution in [0.1, 0.15) is 37.1 Å². The molecule has 2 aromatic heterocycles. The third kappa shape index (κ3) is 4.12. The van der Waals surface area contributed by atoms with Crippen molar-refractivity contribution in [3.05, 3.63) is 40.1 Å². The Morgan fingerprint density at radius 2 is 2.07 bits per heavy atom. The fraction of sp³-hybridized carbons (Fsp3) is 0.650. The molecule has 0 amide bonds. The lowest BCUT2D eigenvalue weighted by molar-refractivity contribution is 0.122. The molecule has 8 nitrogen and oxygen atoms in total. The summed E-state index contributed by atoms with van der Waals surface area (Å²) >= 11 is 0. The first-order valence-corrected chi connectivity index (χ1v) is 10.3. The average molecular weight is 387 g/mol. The van der Waals surface area contributed by atoms with E-state index in [1.54, 1.807) is 10.7 Å². The van der Waals surface area contributed by atoms with E-state index in [-0.39, 0.29) is 11.6 Å². The van der Waals surface area contributed by atoms with Crippen LogP contribution in [0.15, 0.2) is 23.3 Å². The van der Waals surface area contributed by atoms with E-state index in [4.69, 9.17) is 4.74 Å². The molecule has 28 heavy (non-hydrogen) atoms. The first-order valence-electron chi connectivity index (χ1n) is 10.3. The molecule has 2 fully saturated rings. The van der Waals surface area contributed by atoms with Crippen molar-refractivity contribution in [3.63, 3.8) is 0 Å². The van der Waals surface area contributed by atoms with Crippen LogP contribution in [-0.4, -0.2) is 63.9 Å². The summed E-state index contributed by atoms with van der Waals surface area (Å²) in [5, 5.41) is 9.08. The highest BCUT2D eigenvalue weighted by Crippen LogP contribution is 2.22. The summed E-state index contributed by atoms with van der Waals surface area (Å²) < 4.78 is 8.97. The second-order valence-electron chi connectivity index (χ2n) is 7.76. The molecule has 4 heterocycles. The second-order valence-corrected chi connectivity index (χ2v) is 7.76. The Kier molecular flexibility index (Phi) is 5.77. The van der Waals surface area contributed by atoms with Gasteiger partial charge in [-0.1, -0.05) is 6.92 Å². The summed E-state index contributed by atoms with van der Waals surface area (Å²) in [6, 6.07) is 1.86. The van der Waals surface area contributed by atoms with Crippen molar-refractivity contribution in [1.82, 2.24) is 24.5 Å². The number of hydrogen-bond donors (Lipinski definition) is 0. The largest absolute Gasteiger partial charge is 0.378 e. The Morgan fingerprint density at radius 3 is 2.82 bits per heavy atom. The number of likely N-dealkylation sites (tertiary alicyclic amines) is 1. The number of anilines is 1. The molecule has 2 aromatic rings. The van der Waals surface area contributed by atoms with Gasteiger partial charge in [-0.3, -0.25) is 14.4 Å². The predicted molar refractivity (Wildman–Crippen MR) is 108 cm³/mol. The van der Waals surface area contributed by atoms with E-state index in [2.05, 4.69) is 33.1 Å². The summed E-state index contributed by atoms with van der Waals surface area (Å²) in [6.07, 6.45) is 6.96. The molecule has 2 saturated heterocycles. The highest BCUT2D eigenvalue weighted by atomic mass is 16.5. The SMILES string of the molecule is CCc1nn(C)cc1CN1CCC[C@H](n2ncc(N3CCOCC3)cc2=O)C1. The van der Waals surface area contributed by atoms with Gasteiger partial charge < -0.3 is 9.64 Å². The van der Waals surface area contributed by atoms with E-state index in [9.17, 15) is 4.79 Å². The molecule has 2 aliphatic heterocycles. The number of aryl methyl sites for hydroxylation is 2. The zero-order valence-electron chi connectivity index (χ0n) is 16.9. The molecule has 0 N–H and O–H groups in total. The van der Waals surface area contributed by atoms with Crippen LogP contribution in [0.25, 0.3) is 0 Å². The van der Waals surface area contributed by atoms with Gasteiger partial charge in [-0.25, -0.2) is 4.68 Å². The molecular weight excluding hydrogens is 356 g/mol. The van der Waals surface area contributed by atoms with E-state index in [0.29, 0.717) is 13.2 Å². The van der Waals surface area contributed by atoms with Gasteiger partial charge in [0.1, 0.15) is 0 Å². The molecule has 0 saturated carbocycles. The van der Waals surface area contributed by atoms with Crippen LogP contribution in [0, 0.1) is 0 Å². The van der Waals surface area contributed by atoms with Crippen LogP contribution >= 0.6 is 0 Å². The van der Waals surface area contributed by atoms with Gasteiger partial charge in [0.2, 0.25) is 0 Å². The van der Waals surface area contributed by atoms with Crippen LogP contribution in [0.5, 0.6) is 0 Å². The fourth-order valence-corrected chi connectivity index (χ4v) is 4.31. The molecule has 0 aromatic carbocycles. The van der Waals surface area contributed by atoms with Gasteiger partial charge >= 0.3 is 0 Å². The molecule has 0 bridgehead atoms. The minimum absolute atomic E-state index is 0.00790. The highest BCUT2D eigenvalue weighted by molar-refractivity contribution is 5.43. The van der Waals surface area contributed by atoms with E-state index in [0.717, 1.165) is 63.4 Å². The van der Waals surface area contributed by atoms with Crippen LogP contribution in [0.3, 0.4) is 0 Å². The minimum atomic E-state index is -0.00790. The normalized spacial score (nSPS) is 21.2. The van der Waals surface area contributed by atoms with E-state index >= 15 is 0 Å². The number of rotatable bonds is 5. The van der Waals surface area contributed by atoms with Gasteiger partial charge in [-0.2, -0.15) is 10.2 Å². The van der Waals surface area contributed by atoms with Crippen LogP contribution < -0.4 is 10.5 Å². The summed E-state index contributed by atoms with van der Waals surface area (Å²) in [4.78, 5) is 17.4. The first-order chi connectivity index (χ1) is 13.6. The monoisotopic (exact) mass is 386 g/mol. The Balaban J connectivity index is 1.46. The maximum atomic E-state index is 12.8. The van der Waals surface area contributed by atoms with E-state index in [1.165, 1.54) is 5.56 Å². The third-order valence-electron chi connectivity index (χ3n) is 5.73. The topological polar surface area (TPSA) is 68.4 Å². The van der Waals surface area contributed by atoms with Crippen LogP contribution in [0.4, 0.5) is 5.69 Å². The third-order valence-corrected chi connectivity index (χ3v) is 5.73.